The van der Waals surface area contributed by atoms with Crippen LogP contribution in [0.5, 0.6) is 0 Å². The van der Waals surface area contributed by atoms with Crippen molar-refractivity contribution in [3.05, 3.63) is 34.6 Å². The molecule has 1 aromatic rings. The van der Waals surface area contributed by atoms with Gasteiger partial charge in [-0.3, -0.25) is 4.79 Å². The first kappa shape index (κ1) is 14.3. The summed E-state index contributed by atoms with van der Waals surface area (Å²) in [5.41, 5.74) is 5.96. The van der Waals surface area contributed by atoms with Crippen molar-refractivity contribution in [3.8, 4) is 0 Å². The standard InChI is InChI=1S/C14H18ClFN2O/c15-12-5-3-6-13(16)11(12)8-14(19)18-7-2-1-4-10(18)9-17/h3,5-6,10H,1-2,4,7-9,17H2. The van der Waals surface area contributed by atoms with Crippen molar-refractivity contribution >= 4 is 17.5 Å². The fraction of sp³-hybridized carbons (Fsp3) is 0.500. The number of piperidine rings is 1. The van der Waals surface area contributed by atoms with E-state index in [1.807, 2.05) is 0 Å². The van der Waals surface area contributed by atoms with E-state index < -0.39 is 5.82 Å². The molecule has 0 aromatic heterocycles. The molecule has 1 amide bonds. The van der Waals surface area contributed by atoms with Gasteiger partial charge in [0.25, 0.3) is 0 Å². The van der Waals surface area contributed by atoms with Crippen LogP contribution in [0.4, 0.5) is 4.39 Å². The van der Waals surface area contributed by atoms with Crippen LogP contribution >= 0.6 is 11.6 Å². The van der Waals surface area contributed by atoms with Gasteiger partial charge in [0.05, 0.1) is 6.42 Å². The van der Waals surface area contributed by atoms with Gasteiger partial charge in [0.1, 0.15) is 5.82 Å². The van der Waals surface area contributed by atoms with Crippen LogP contribution in [0.15, 0.2) is 18.2 Å². The average molecular weight is 285 g/mol. The predicted octanol–water partition coefficient (Wildman–Crippen LogP) is 2.36. The van der Waals surface area contributed by atoms with E-state index in [9.17, 15) is 9.18 Å². The van der Waals surface area contributed by atoms with Gasteiger partial charge in [-0.15, -0.1) is 0 Å². The molecule has 1 aromatic carbocycles. The fourth-order valence-corrected chi connectivity index (χ4v) is 2.76. The van der Waals surface area contributed by atoms with Crippen molar-refractivity contribution in [3.63, 3.8) is 0 Å². The quantitative estimate of drug-likeness (QED) is 0.926. The summed E-state index contributed by atoms with van der Waals surface area (Å²) in [6, 6.07) is 4.54. The normalized spacial score (nSPS) is 19.5. The highest BCUT2D eigenvalue weighted by Gasteiger charge is 2.26. The van der Waals surface area contributed by atoms with Crippen molar-refractivity contribution in [1.82, 2.24) is 4.90 Å². The molecule has 2 N–H and O–H groups in total. The Balaban J connectivity index is 2.12. The third-order valence-corrected chi connectivity index (χ3v) is 3.96. The number of hydrogen-bond acceptors (Lipinski definition) is 2. The van der Waals surface area contributed by atoms with Crippen LogP contribution in [0.2, 0.25) is 5.02 Å². The molecular weight excluding hydrogens is 267 g/mol. The number of rotatable bonds is 3. The number of likely N-dealkylation sites (tertiary alicyclic amines) is 1. The largest absolute Gasteiger partial charge is 0.338 e. The Bertz CT molecular complexity index is 447. The molecule has 0 saturated carbocycles. The molecule has 1 heterocycles. The molecule has 0 bridgehead atoms. The minimum absolute atomic E-state index is 0.00199. The Morgan fingerprint density at radius 3 is 2.95 bits per heavy atom. The molecule has 0 aliphatic carbocycles. The number of carbonyl (C=O) groups is 1. The maximum atomic E-state index is 13.7. The lowest BCUT2D eigenvalue weighted by molar-refractivity contribution is -0.133. The SMILES string of the molecule is NCC1CCCCN1C(=O)Cc1c(F)cccc1Cl. The van der Waals surface area contributed by atoms with E-state index in [2.05, 4.69) is 0 Å². The van der Waals surface area contributed by atoms with E-state index in [0.717, 1.165) is 19.3 Å². The average Bonchev–Trinajstić information content (AvgIpc) is 2.42. The third kappa shape index (κ3) is 3.25. The van der Waals surface area contributed by atoms with Gasteiger partial charge in [-0.2, -0.15) is 0 Å². The minimum atomic E-state index is -0.429. The van der Waals surface area contributed by atoms with Crippen LogP contribution in [0.25, 0.3) is 0 Å². The fourth-order valence-electron chi connectivity index (χ4n) is 2.53. The first-order valence-electron chi connectivity index (χ1n) is 6.56. The molecule has 1 aliphatic heterocycles. The molecule has 1 atom stereocenters. The molecule has 1 aliphatic rings. The zero-order valence-corrected chi connectivity index (χ0v) is 11.5. The van der Waals surface area contributed by atoms with E-state index in [-0.39, 0.29) is 23.9 Å². The zero-order chi connectivity index (χ0) is 13.8. The van der Waals surface area contributed by atoms with E-state index in [1.54, 1.807) is 11.0 Å². The highest BCUT2D eigenvalue weighted by molar-refractivity contribution is 6.31. The Hall–Kier alpha value is -1.13. The topological polar surface area (TPSA) is 46.3 Å². The van der Waals surface area contributed by atoms with Crippen molar-refractivity contribution < 1.29 is 9.18 Å². The maximum Gasteiger partial charge on any atom is 0.227 e. The van der Waals surface area contributed by atoms with E-state index in [0.29, 0.717) is 18.1 Å². The molecule has 3 nitrogen and oxygen atoms in total. The van der Waals surface area contributed by atoms with Gasteiger partial charge < -0.3 is 10.6 Å². The van der Waals surface area contributed by atoms with Crippen LogP contribution in [-0.4, -0.2) is 29.9 Å². The Morgan fingerprint density at radius 1 is 1.47 bits per heavy atom. The summed E-state index contributed by atoms with van der Waals surface area (Å²) in [7, 11) is 0. The number of halogens is 2. The first-order chi connectivity index (χ1) is 9.13. The molecule has 1 unspecified atom stereocenters. The molecule has 104 valence electrons. The van der Waals surface area contributed by atoms with Crippen molar-refractivity contribution in [2.75, 3.05) is 13.1 Å². The second-order valence-corrected chi connectivity index (χ2v) is 5.26. The van der Waals surface area contributed by atoms with Crippen molar-refractivity contribution in [2.45, 2.75) is 31.7 Å². The summed E-state index contributed by atoms with van der Waals surface area (Å²) in [4.78, 5) is 14.1. The van der Waals surface area contributed by atoms with Gasteiger partial charge >= 0.3 is 0 Å². The van der Waals surface area contributed by atoms with Gasteiger partial charge in [-0.1, -0.05) is 17.7 Å². The van der Waals surface area contributed by atoms with Crippen molar-refractivity contribution in [1.29, 1.82) is 0 Å². The molecule has 0 spiro atoms. The van der Waals surface area contributed by atoms with Crippen LogP contribution in [0.3, 0.4) is 0 Å². The van der Waals surface area contributed by atoms with Crippen LogP contribution in [-0.2, 0) is 11.2 Å². The number of carbonyl (C=O) groups excluding carboxylic acids is 1. The van der Waals surface area contributed by atoms with Crippen LogP contribution in [0.1, 0.15) is 24.8 Å². The minimum Gasteiger partial charge on any atom is -0.338 e. The summed E-state index contributed by atoms with van der Waals surface area (Å²) in [5.74, 6) is -0.524. The molecular formula is C14H18ClFN2O. The number of nitrogens with two attached hydrogens (primary N) is 1. The molecule has 1 fully saturated rings. The lowest BCUT2D eigenvalue weighted by atomic mass is 10.0. The van der Waals surface area contributed by atoms with Crippen LogP contribution < -0.4 is 5.73 Å². The summed E-state index contributed by atoms with van der Waals surface area (Å²) < 4.78 is 13.7. The second kappa shape index (κ2) is 6.35. The predicted molar refractivity (Wildman–Crippen MR) is 73.5 cm³/mol. The molecule has 1 saturated heterocycles. The lowest BCUT2D eigenvalue weighted by Crippen LogP contribution is -2.48. The Morgan fingerprint density at radius 2 is 2.26 bits per heavy atom. The smallest absolute Gasteiger partial charge is 0.227 e. The lowest BCUT2D eigenvalue weighted by Gasteiger charge is -2.35. The van der Waals surface area contributed by atoms with Crippen molar-refractivity contribution in [2.24, 2.45) is 5.73 Å². The Labute approximate surface area is 117 Å². The van der Waals surface area contributed by atoms with Gasteiger partial charge in [-0.25, -0.2) is 4.39 Å². The summed E-state index contributed by atoms with van der Waals surface area (Å²) in [6.45, 7) is 1.16. The number of nitrogens with zero attached hydrogens (tertiary/aromatic N) is 1. The van der Waals surface area contributed by atoms with Gasteiger partial charge in [0.15, 0.2) is 0 Å². The highest BCUT2D eigenvalue weighted by atomic mass is 35.5. The summed E-state index contributed by atoms with van der Waals surface area (Å²) in [5, 5.41) is 0.301. The maximum absolute atomic E-state index is 13.7. The first-order valence-corrected chi connectivity index (χ1v) is 6.93. The van der Waals surface area contributed by atoms with Gasteiger partial charge in [0, 0.05) is 29.7 Å². The highest BCUT2D eigenvalue weighted by Crippen LogP contribution is 2.22. The van der Waals surface area contributed by atoms with Crippen LogP contribution in [0, 0.1) is 5.82 Å². The third-order valence-electron chi connectivity index (χ3n) is 3.61. The molecule has 5 heteroatoms. The Kier molecular flexibility index (Phi) is 4.77. The molecule has 19 heavy (non-hydrogen) atoms. The van der Waals surface area contributed by atoms with Gasteiger partial charge in [0.2, 0.25) is 5.91 Å². The number of hydrogen-bond donors (Lipinski definition) is 1. The summed E-state index contributed by atoms with van der Waals surface area (Å²) in [6.07, 6.45) is 2.99. The number of amides is 1. The second-order valence-electron chi connectivity index (χ2n) is 4.85. The monoisotopic (exact) mass is 284 g/mol. The van der Waals surface area contributed by atoms with E-state index in [4.69, 9.17) is 17.3 Å². The van der Waals surface area contributed by atoms with E-state index >= 15 is 0 Å². The molecule has 0 radical (unpaired) electrons. The van der Waals surface area contributed by atoms with E-state index in [1.165, 1.54) is 12.1 Å². The zero-order valence-electron chi connectivity index (χ0n) is 10.7. The molecule has 2 rings (SSSR count). The summed E-state index contributed by atoms with van der Waals surface area (Å²) >= 11 is 5.95. The van der Waals surface area contributed by atoms with Gasteiger partial charge in [-0.05, 0) is 31.4 Å². The number of benzene rings is 1.